The van der Waals surface area contributed by atoms with Crippen LogP contribution in [0.25, 0.3) is 0 Å². The predicted molar refractivity (Wildman–Crippen MR) is 55.2 cm³/mol. The van der Waals surface area contributed by atoms with E-state index in [2.05, 4.69) is 12.2 Å². The lowest BCUT2D eigenvalue weighted by atomic mass is 10.7. The van der Waals surface area contributed by atoms with Gasteiger partial charge in [0.25, 0.3) is 0 Å². The Hall–Kier alpha value is 0.200. The molecule has 0 atom stereocenters. The van der Waals surface area contributed by atoms with E-state index in [1.165, 1.54) is 0 Å². The van der Waals surface area contributed by atoms with Crippen LogP contribution in [-0.4, -0.2) is 29.8 Å². The predicted octanol–water partition coefficient (Wildman–Crippen LogP) is 1.65. The third kappa shape index (κ3) is 8.10. The first-order chi connectivity index (χ1) is 5.31. The average molecular weight is 193 g/mol. The fourth-order valence-electron chi connectivity index (χ4n) is 0.552. The smallest absolute Gasteiger partial charge is 0.133 e. The molecule has 0 unspecified atom stereocenters. The molecule has 0 aliphatic heterocycles. The molecule has 0 fully saturated rings. The van der Waals surface area contributed by atoms with Crippen LogP contribution in [0.5, 0.6) is 0 Å². The Labute approximate surface area is 78.1 Å². The molecule has 0 radical (unpaired) electrons. The van der Waals surface area contributed by atoms with Crippen LogP contribution in [0, 0.1) is 0 Å². The van der Waals surface area contributed by atoms with Crippen LogP contribution >= 0.6 is 24.0 Å². The second kappa shape index (κ2) is 8.30. The maximum atomic E-state index is 5.13. The number of hydrogen-bond acceptors (Lipinski definition) is 3. The first-order valence-corrected chi connectivity index (χ1v) is 5.19. The van der Waals surface area contributed by atoms with Gasteiger partial charge in [-0.15, -0.1) is 0 Å². The van der Waals surface area contributed by atoms with Crippen molar-refractivity contribution in [2.45, 2.75) is 13.8 Å². The van der Waals surface area contributed by atoms with E-state index in [0.29, 0.717) is 0 Å². The van der Waals surface area contributed by atoms with E-state index in [9.17, 15) is 0 Å². The van der Waals surface area contributed by atoms with E-state index in [4.69, 9.17) is 17.0 Å². The van der Waals surface area contributed by atoms with E-state index in [1.54, 1.807) is 11.8 Å². The maximum Gasteiger partial charge on any atom is 0.133 e. The lowest BCUT2D eigenvalue weighted by molar-refractivity contribution is 0.153. The molecular formula is C7H15NOS2. The molecule has 0 saturated heterocycles. The quantitative estimate of drug-likeness (QED) is 0.529. The topological polar surface area (TPSA) is 21.3 Å². The number of thioether (sulfide) groups is 1. The van der Waals surface area contributed by atoms with Crippen LogP contribution < -0.4 is 5.32 Å². The van der Waals surface area contributed by atoms with Crippen LogP contribution in [0.1, 0.15) is 13.8 Å². The van der Waals surface area contributed by atoms with E-state index in [-0.39, 0.29) is 0 Å². The lowest BCUT2D eigenvalue weighted by Gasteiger charge is -2.05. The Morgan fingerprint density at radius 2 is 2.27 bits per heavy atom. The van der Waals surface area contributed by atoms with Gasteiger partial charge in [0.2, 0.25) is 0 Å². The van der Waals surface area contributed by atoms with Crippen molar-refractivity contribution < 1.29 is 4.74 Å². The van der Waals surface area contributed by atoms with Gasteiger partial charge in [-0.05, 0) is 12.7 Å². The molecule has 2 nitrogen and oxygen atoms in total. The molecule has 0 aromatic rings. The van der Waals surface area contributed by atoms with Crippen molar-refractivity contribution in [2.75, 3.05) is 25.5 Å². The summed E-state index contributed by atoms with van der Waals surface area (Å²) < 4.78 is 6.00. The first-order valence-electron chi connectivity index (χ1n) is 3.79. The second-order valence-electron chi connectivity index (χ2n) is 1.84. The van der Waals surface area contributed by atoms with E-state index in [1.807, 2.05) is 6.92 Å². The Balaban J connectivity index is 3.04. The summed E-state index contributed by atoms with van der Waals surface area (Å²) in [6, 6.07) is 0. The summed E-state index contributed by atoms with van der Waals surface area (Å²) in [6.45, 7) is 6.40. The highest BCUT2D eigenvalue weighted by Crippen LogP contribution is 1.98. The normalized spacial score (nSPS) is 9.64. The van der Waals surface area contributed by atoms with Gasteiger partial charge in [-0.25, -0.2) is 0 Å². The average Bonchev–Trinajstić information content (AvgIpc) is 1.99. The largest absolute Gasteiger partial charge is 0.380 e. The zero-order chi connectivity index (χ0) is 8.53. The first kappa shape index (κ1) is 11.2. The van der Waals surface area contributed by atoms with Gasteiger partial charge in [0, 0.05) is 13.2 Å². The van der Waals surface area contributed by atoms with Gasteiger partial charge in [0.15, 0.2) is 0 Å². The summed E-state index contributed by atoms with van der Waals surface area (Å²) in [6.07, 6.45) is 0. The molecule has 0 aliphatic carbocycles. The highest BCUT2D eigenvalue weighted by atomic mass is 32.2. The number of nitrogens with one attached hydrogen (secondary N) is 1. The molecule has 0 bridgehead atoms. The summed E-state index contributed by atoms with van der Waals surface area (Å²) in [5.74, 6) is 1.03. The minimum atomic E-state index is 0.737. The van der Waals surface area contributed by atoms with Crippen LogP contribution in [0.2, 0.25) is 0 Å². The molecule has 0 heterocycles. The highest BCUT2D eigenvalue weighted by molar-refractivity contribution is 8.22. The Morgan fingerprint density at radius 3 is 2.82 bits per heavy atom. The van der Waals surface area contributed by atoms with Gasteiger partial charge >= 0.3 is 0 Å². The van der Waals surface area contributed by atoms with Crippen molar-refractivity contribution in [2.24, 2.45) is 0 Å². The van der Waals surface area contributed by atoms with Crippen LogP contribution in [0.4, 0.5) is 0 Å². The Morgan fingerprint density at radius 1 is 1.55 bits per heavy atom. The van der Waals surface area contributed by atoms with Crippen molar-refractivity contribution in [3.8, 4) is 0 Å². The van der Waals surface area contributed by atoms with Crippen molar-refractivity contribution in [1.29, 1.82) is 0 Å². The number of ether oxygens (including phenoxy) is 1. The molecule has 0 aliphatic rings. The van der Waals surface area contributed by atoms with Crippen molar-refractivity contribution in [3.63, 3.8) is 0 Å². The van der Waals surface area contributed by atoms with Crippen molar-refractivity contribution in [1.82, 2.24) is 5.32 Å². The standard InChI is InChI=1S/C7H15NOS2/c1-3-9-6-5-8-7(10)11-4-2/h3-6H2,1-2H3,(H,8,10). The summed E-state index contributed by atoms with van der Waals surface area (Å²) in [7, 11) is 0. The molecule has 0 aromatic heterocycles. The summed E-state index contributed by atoms with van der Waals surface area (Å²) in [4.78, 5) is 0. The minimum absolute atomic E-state index is 0.737. The maximum absolute atomic E-state index is 5.13. The van der Waals surface area contributed by atoms with Crippen LogP contribution in [0.15, 0.2) is 0 Å². The molecule has 0 spiro atoms. The molecule has 0 saturated carbocycles. The molecule has 0 amide bonds. The second-order valence-corrected chi connectivity index (χ2v) is 3.79. The van der Waals surface area contributed by atoms with E-state index >= 15 is 0 Å². The van der Waals surface area contributed by atoms with Gasteiger partial charge in [0.05, 0.1) is 6.61 Å². The Bertz CT molecular complexity index is 109. The lowest BCUT2D eigenvalue weighted by Crippen LogP contribution is -2.23. The van der Waals surface area contributed by atoms with Gasteiger partial charge in [-0.1, -0.05) is 30.9 Å². The molecule has 66 valence electrons. The minimum Gasteiger partial charge on any atom is -0.380 e. The molecule has 4 heteroatoms. The van der Waals surface area contributed by atoms with Crippen LogP contribution in [-0.2, 0) is 4.74 Å². The fraction of sp³-hybridized carbons (Fsp3) is 0.857. The van der Waals surface area contributed by atoms with Gasteiger partial charge in [-0.3, -0.25) is 0 Å². The summed E-state index contributed by atoms with van der Waals surface area (Å²) >= 11 is 6.65. The molecule has 1 N–H and O–H groups in total. The van der Waals surface area contributed by atoms with Crippen molar-refractivity contribution >= 4 is 28.3 Å². The summed E-state index contributed by atoms with van der Waals surface area (Å²) in [5, 5.41) is 3.09. The monoisotopic (exact) mass is 193 g/mol. The van der Waals surface area contributed by atoms with Crippen molar-refractivity contribution in [3.05, 3.63) is 0 Å². The van der Waals surface area contributed by atoms with E-state index in [0.717, 1.165) is 29.8 Å². The highest BCUT2D eigenvalue weighted by Gasteiger charge is 1.92. The molecule has 0 rings (SSSR count). The van der Waals surface area contributed by atoms with Gasteiger partial charge in [-0.2, -0.15) is 0 Å². The fourth-order valence-corrected chi connectivity index (χ4v) is 1.47. The van der Waals surface area contributed by atoms with E-state index < -0.39 is 0 Å². The van der Waals surface area contributed by atoms with Gasteiger partial charge < -0.3 is 10.1 Å². The Kier molecular flexibility index (Phi) is 8.45. The SMILES string of the molecule is CCOCCNC(=S)SCC. The van der Waals surface area contributed by atoms with Gasteiger partial charge in [0.1, 0.15) is 4.32 Å². The van der Waals surface area contributed by atoms with Crippen LogP contribution in [0.3, 0.4) is 0 Å². The number of thiocarbonyl (C=S) groups is 1. The third-order valence-corrected chi connectivity index (χ3v) is 2.19. The third-order valence-electron chi connectivity index (χ3n) is 0.995. The zero-order valence-electron chi connectivity index (χ0n) is 7.05. The zero-order valence-corrected chi connectivity index (χ0v) is 8.69. The summed E-state index contributed by atoms with van der Waals surface area (Å²) in [5.41, 5.74) is 0. The molecule has 0 aromatic carbocycles. The number of rotatable bonds is 5. The number of hydrogen-bond donors (Lipinski definition) is 1. The molecular weight excluding hydrogens is 178 g/mol. The molecule has 11 heavy (non-hydrogen) atoms.